The van der Waals surface area contributed by atoms with Gasteiger partial charge in [-0.2, -0.15) is 5.10 Å². The zero-order valence-electron chi connectivity index (χ0n) is 17.7. The number of fused-ring (bicyclic) bond motifs is 3. The predicted molar refractivity (Wildman–Crippen MR) is 121 cm³/mol. The molecule has 31 heavy (non-hydrogen) atoms. The highest BCUT2D eigenvalue weighted by molar-refractivity contribution is 7.10. The fourth-order valence-corrected chi connectivity index (χ4v) is 5.24. The van der Waals surface area contributed by atoms with Crippen LogP contribution in [0.4, 0.5) is 0 Å². The van der Waals surface area contributed by atoms with Crippen molar-refractivity contribution in [2.45, 2.75) is 12.8 Å². The number of aromatic nitrogens is 2. The van der Waals surface area contributed by atoms with E-state index in [0.717, 1.165) is 61.5 Å². The lowest BCUT2D eigenvalue weighted by molar-refractivity contribution is 0.0656. The fraction of sp³-hybridized carbons (Fsp3) is 0.348. The Morgan fingerprint density at radius 3 is 2.48 bits per heavy atom. The highest BCUT2D eigenvalue weighted by Crippen LogP contribution is 2.39. The first-order valence-corrected chi connectivity index (χ1v) is 11.4. The molecule has 1 aromatic carbocycles. The van der Waals surface area contributed by atoms with Gasteiger partial charge in [0.2, 0.25) is 0 Å². The van der Waals surface area contributed by atoms with Gasteiger partial charge in [-0.1, -0.05) is 0 Å². The molecule has 8 heteroatoms. The summed E-state index contributed by atoms with van der Waals surface area (Å²) in [7, 11) is 3.70. The van der Waals surface area contributed by atoms with E-state index in [1.54, 1.807) is 30.5 Å². The van der Waals surface area contributed by atoms with E-state index in [9.17, 15) is 9.59 Å². The lowest BCUT2D eigenvalue weighted by Crippen LogP contribution is -2.47. The second kappa shape index (κ2) is 7.94. The van der Waals surface area contributed by atoms with Crippen LogP contribution < -0.4 is 5.32 Å². The third-order valence-corrected chi connectivity index (χ3v) is 7.16. The Morgan fingerprint density at radius 1 is 1.03 bits per heavy atom. The normalized spacial score (nSPS) is 16.0. The van der Waals surface area contributed by atoms with E-state index in [4.69, 9.17) is 5.10 Å². The van der Waals surface area contributed by atoms with E-state index in [-0.39, 0.29) is 11.8 Å². The Hall–Kier alpha value is -2.97. The van der Waals surface area contributed by atoms with Crippen LogP contribution in [-0.2, 0) is 12.8 Å². The van der Waals surface area contributed by atoms with Crippen LogP contribution in [0.15, 0.2) is 35.7 Å². The zero-order chi connectivity index (χ0) is 21.5. The first kappa shape index (κ1) is 20.0. The second-order valence-corrected chi connectivity index (χ2v) is 9.07. The minimum absolute atomic E-state index is 0.0174. The van der Waals surface area contributed by atoms with Gasteiger partial charge in [0.15, 0.2) is 5.69 Å². The van der Waals surface area contributed by atoms with Crippen molar-refractivity contribution in [3.8, 4) is 16.9 Å². The van der Waals surface area contributed by atoms with Crippen LogP contribution in [0, 0.1) is 0 Å². The van der Waals surface area contributed by atoms with E-state index in [0.29, 0.717) is 11.3 Å². The molecule has 1 saturated heterocycles. The second-order valence-electron chi connectivity index (χ2n) is 8.07. The van der Waals surface area contributed by atoms with Crippen molar-refractivity contribution in [3.05, 3.63) is 57.4 Å². The predicted octanol–water partition coefficient (Wildman–Crippen LogP) is 2.45. The molecule has 2 aliphatic rings. The van der Waals surface area contributed by atoms with Crippen LogP contribution in [0.3, 0.4) is 0 Å². The minimum Gasteiger partial charge on any atom is -0.355 e. The molecule has 0 spiro atoms. The molecule has 0 atom stereocenters. The number of hydrogen-bond acceptors (Lipinski definition) is 5. The van der Waals surface area contributed by atoms with Crippen molar-refractivity contribution in [3.63, 3.8) is 0 Å². The fourth-order valence-electron chi connectivity index (χ4n) is 4.36. The lowest BCUT2D eigenvalue weighted by Gasteiger charge is -2.32. The van der Waals surface area contributed by atoms with E-state index >= 15 is 0 Å². The lowest BCUT2D eigenvalue weighted by atomic mass is 9.94. The molecule has 1 aliphatic carbocycles. The Bertz CT molecular complexity index is 1140. The molecule has 1 N–H and O–H groups in total. The summed E-state index contributed by atoms with van der Waals surface area (Å²) in [5.74, 6) is -0.108. The molecule has 160 valence electrons. The summed E-state index contributed by atoms with van der Waals surface area (Å²) in [5, 5.41) is 9.60. The molecular weight excluding hydrogens is 410 g/mol. The van der Waals surface area contributed by atoms with Crippen molar-refractivity contribution in [1.82, 2.24) is 24.9 Å². The molecule has 5 rings (SSSR count). The maximum absolute atomic E-state index is 13.4. The number of piperazine rings is 1. The third kappa shape index (κ3) is 3.45. The van der Waals surface area contributed by atoms with Gasteiger partial charge >= 0.3 is 0 Å². The van der Waals surface area contributed by atoms with E-state index in [2.05, 4.69) is 28.7 Å². The third-order valence-electron chi connectivity index (χ3n) is 6.18. The van der Waals surface area contributed by atoms with Gasteiger partial charge in [0, 0.05) is 54.8 Å². The molecule has 0 saturated carbocycles. The van der Waals surface area contributed by atoms with Gasteiger partial charge in [-0.25, -0.2) is 4.68 Å². The monoisotopic (exact) mass is 435 g/mol. The molecule has 1 fully saturated rings. The number of carbonyl (C=O) groups is 2. The molecule has 7 nitrogen and oxygen atoms in total. The topological polar surface area (TPSA) is 70.5 Å². The Labute approximate surface area is 185 Å². The first-order chi connectivity index (χ1) is 15.1. The number of aryl methyl sites for hydroxylation is 1. The van der Waals surface area contributed by atoms with E-state index in [1.807, 2.05) is 21.7 Å². The largest absolute Gasteiger partial charge is 0.355 e. The average molecular weight is 436 g/mol. The number of nitrogens with zero attached hydrogens (tertiary/aromatic N) is 4. The summed E-state index contributed by atoms with van der Waals surface area (Å²) in [4.78, 5) is 30.9. The number of thiophene rings is 1. The molecule has 0 radical (unpaired) electrons. The standard InChI is InChI=1S/C23H25N5O2S/c1-24-22(29)15-3-5-16(6-4-15)28-21-17-9-14-31-19(17)8-7-18(21)20(25-28)23(30)27-12-10-26(2)11-13-27/h3-6,9,14H,7-8,10-13H2,1-2H3,(H,24,29). The summed E-state index contributed by atoms with van der Waals surface area (Å²) < 4.78 is 1.89. The quantitative estimate of drug-likeness (QED) is 0.686. The Kier molecular flexibility index (Phi) is 5.11. The molecule has 0 unspecified atom stereocenters. The summed E-state index contributed by atoms with van der Waals surface area (Å²) in [6.45, 7) is 3.21. The van der Waals surface area contributed by atoms with Gasteiger partial charge in [-0.15, -0.1) is 11.3 Å². The molecule has 2 amide bonds. The van der Waals surface area contributed by atoms with Crippen molar-refractivity contribution < 1.29 is 9.59 Å². The van der Waals surface area contributed by atoms with Gasteiger partial charge in [0.05, 0.1) is 11.4 Å². The molecule has 0 bridgehead atoms. The average Bonchev–Trinajstić information content (AvgIpc) is 3.43. The van der Waals surface area contributed by atoms with Crippen molar-refractivity contribution in [2.24, 2.45) is 0 Å². The molecular formula is C23H25N5O2S. The molecule has 3 heterocycles. The summed E-state index contributed by atoms with van der Waals surface area (Å²) in [6.07, 6.45) is 1.75. The number of carbonyl (C=O) groups excluding carboxylic acids is 2. The first-order valence-electron chi connectivity index (χ1n) is 10.6. The SMILES string of the molecule is CNC(=O)c1ccc(-n2nc(C(=O)N3CCN(C)CC3)c3c2-c2ccsc2CC3)cc1. The van der Waals surface area contributed by atoms with Gasteiger partial charge < -0.3 is 15.1 Å². The maximum atomic E-state index is 13.4. The number of likely N-dealkylation sites (N-methyl/N-ethyl adjacent to an activating group) is 1. The highest BCUT2D eigenvalue weighted by atomic mass is 32.1. The van der Waals surface area contributed by atoms with Crippen LogP contribution in [0.1, 0.15) is 31.3 Å². The zero-order valence-corrected chi connectivity index (χ0v) is 18.5. The van der Waals surface area contributed by atoms with E-state index in [1.165, 1.54) is 4.88 Å². The van der Waals surface area contributed by atoms with Crippen LogP contribution >= 0.6 is 11.3 Å². The molecule has 1 aliphatic heterocycles. The van der Waals surface area contributed by atoms with Crippen molar-refractivity contribution in [1.29, 1.82) is 0 Å². The number of nitrogens with one attached hydrogen (secondary N) is 1. The summed E-state index contributed by atoms with van der Waals surface area (Å²) >= 11 is 1.75. The van der Waals surface area contributed by atoms with Crippen LogP contribution in [-0.4, -0.2) is 71.7 Å². The van der Waals surface area contributed by atoms with Crippen molar-refractivity contribution >= 4 is 23.2 Å². The Balaban J connectivity index is 1.59. The van der Waals surface area contributed by atoms with Gasteiger partial charge in [-0.05, 0) is 55.6 Å². The minimum atomic E-state index is -0.125. The van der Waals surface area contributed by atoms with Crippen molar-refractivity contribution in [2.75, 3.05) is 40.3 Å². The number of amides is 2. The number of hydrogen-bond donors (Lipinski definition) is 1. The smallest absolute Gasteiger partial charge is 0.274 e. The van der Waals surface area contributed by atoms with Crippen LogP contribution in [0.25, 0.3) is 16.9 Å². The van der Waals surface area contributed by atoms with Gasteiger partial charge in [-0.3, -0.25) is 9.59 Å². The van der Waals surface area contributed by atoms with Crippen LogP contribution in [0.2, 0.25) is 0 Å². The van der Waals surface area contributed by atoms with Gasteiger partial charge in [0.1, 0.15) is 0 Å². The van der Waals surface area contributed by atoms with Crippen LogP contribution in [0.5, 0.6) is 0 Å². The molecule has 2 aromatic heterocycles. The summed E-state index contributed by atoms with van der Waals surface area (Å²) in [5.41, 5.74) is 5.20. The number of benzene rings is 1. The highest BCUT2D eigenvalue weighted by Gasteiger charge is 2.32. The Morgan fingerprint density at radius 2 is 1.77 bits per heavy atom. The summed E-state index contributed by atoms with van der Waals surface area (Å²) in [6, 6.07) is 9.49. The van der Waals surface area contributed by atoms with E-state index < -0.39 is 0 Å². The molecule has 3 aromatic rings. The number of rotatable bonds is 3. The van der Waals surface area contributed by atoms with Gasteiger partial charge in [0.25, 0.3) is 11.8 Å². The maximum Gasteiger partial charge on any atom is 0.274 e.